The molecule has 8 nitrogen and oxygen atoms in total. The summed E-state index contributed by atoms with van der Waals surface area (Å²) in [6.07, 6.45) is 1.99. The highest BCUT2D eigenvalue weighted by atomic mass is 16.4. The minimum absolute atomic E-state index is 0.230. The van der Waals surface area contributed by atoms with Crippen LogP contribution >= 0.6 is 0 Å². The van der Waals surface area contributed by atoms with E-state index in [2.05, 4.69) is 16.0 Å². The van der Waals surface area contributed by atoms with E-state index in [9.17, 15) is 24.3 Å². The van der Waals surface area contributed by atoms with Gasteiger partial charge in [-0.15, -0.1) is 0 Å². The molecule has 33 heavy (non-hydrogen) atoms. The minimum Gasteiger partial charge on any atom is -0.480 e. The number of hydrogen-bond donors (Lipinski definition) is 4. The zero-order valence-corrected chi connectivity index (χ0v) is 18.9. The molecule has 2 aromatic rings. The van der Waals surface area contributed by atoms with Crippen molar-refractivity contribution in [2.24, 2.45) is 0 Å². The summed E-state index contributed by atoms with van der Waals surface area (Å²) in [5, 5.41) is 17.1. The van der Waals surface area contributed by atoms with Gasteiger partial charge in [-0.2, -0.15) is 0 Å². The molecule has 2 rings (SSSR count). The molecule has 0 saturated carbocycles. The average molecular weight is 454 g/mol. The molecule has 0 bridgehead atoms. The SMILES string of the molecule is CCCC[C@H](NC(=O)[C@H](C)NC(=O)[C@H](Cc1ccccc1)NC(=O)c1ccccc1)C(=O)O. The average Bonchev–Trinajstić information content (AvgIpc) is 2.82. The summed E-state index contributed by atoms with van der Waals surface area (Å²) in [7, 11) is 0. The smallest absolute Gasteiger partial charge is 0.326 e. The van der Waals surface area contributed by atoms with E-state index >= 15 is 0 Å². The van der Waals surface area contributed by atoms with Crippen LogP contribution in [0.5, 0.6) is 0 Å². The third-order valence-electron chi connectivity index (χ3n) is 5.15. The molecule has 3 atom stereocenters. The van der Waals surface area contributed by atoms with E-state index in [1.165, 1.54) is 6.92 Å². The summed E-state index contributed by atoms with van der Waals surface area (Å²) in [5.41, 5.74) is 1.25. The van der Waals surface area contributed by atoms with Gasteiger partial charge in [0.1, 0.15) is 18.1 Å². The maximum Gasteiger partial charge on any atom is 0.326 e. The van der Waals surface area contributed by atoms with Crippen LogP contribution in [0.2, 0.25) is 0 Å². The highest BCUT2D eigenvalue weighted by molar-refractivity contribution is 5.98. The van der Waals surface area contributed by atoms with E-state index in [1.807, 2.05) is 37.3 Å². The fourth-order valence-electron chi connectivity index (χ4n) is 3.23. The molecule has 0 aliphatic carbocycles. The second-order valence-corrected chi connectivity index (χ2v) is 7.85. The molecule has 0 aliphatic rings. The topological polar surface area (TPSA) is 125 Å². The van der Waals surface area contributed by atoms with Crippen LogP contribution in [0.4, 0.5) is 0 Å². The third-order valence-corrected chi connectivity index (χ3v) is 5.15. The van der Waals surface area contributed by atoms with Crippen LogP contribution in [-0.4, -0.2) is 46.9 Å². The number of carbonyl (C=O) groups excluding carboxylic acids is 3. The number of nitrogens with one attached hydrogen (secondary N) is 3. The van der Waals surface area contributed by atoms with E-state index in [4.69, 9.17) is 0 Å². The normalized spacial score (nSPS) is 13.3. The number of amides is 3. The monoisotopic (exact) mass is 453 g/mol. The minimum atomic E-state index is -1.12. The van der Waals surface area contributed by atoms with Gasteiger partial charge in [-0.1, -0.05) is 68.3 Å². The van der Waals surface area contributed by atoms with Gasteiger partial charge in [0.2, 0.25) is 11.8 Å². The standard InChI is InChI=1S/C25H31N3O5/c1-3-4-15-20(25(32)33)27-22(29)17(2)26-24(31)21(16-18-11-7-5-8-12-18)28-23(30)19-13-9-6-10-14-19/h5-14,17,20-21H,3-4,15-16H2,1-2H3,(H,26,31)(H,27,29)(H,28,30)(H,32,33)/t17-,20-,21-/m0/s1. The van der Waals surface area contributed by atoms with Crippen LogP contribution in [0.15, 0.2) is 60.7 Å². The first-order valence-corrected chi connectivity index (χ1v) is 11.0. The van der Waals surface area contributed by atoms with Crippen molar-refractivity contribution in [3.05, 3.63) is 71.8 Å². The lowest BCUT2D eigenvalue weighted by molar-refractivity contribution is -0.142. The second-order valence-electron chi connectivity index (χ2n) is 7.85. The van der Waals surface area contributed by atoms with Crippen LogP contribution in [0.25, 0.3) is 0 Å². The van der Waals surface area contributed by atoms with Gasteiger partial charge in [0.15, 0.2) is 0 Å². The van der Waals surface area contributed by atoms with Crippen molar-refractivity contribution >= 4 is 23.7 Å². The van der Waals surface area contributed by atoms with Crippen LogP contribution < -0.4 is 16.0 Å². The summed E-state index contributed by atoms with van der Waals surface area (Å²) >= 11 is 0. The maximum atomic E-state index is 13.0. The maximum absolute atomic E-state index is 13.0. The molecule has 176 valence electrons. The van der Waals surface area contributed by atoms with Crippen molar-refractivity contribution in [2.75, 3.05) is 0 Å². The number of carboxylic acids is 1. The van der Waals surface area contributed by atoms with Crippen molar-refractivity contribution in [1.29, 1.82) is 0 Å². The second kappa shape index (κ2) is 13.0. The summed E-state index contributed by atoms with van der Waals surface area (Å²) in [4.78, 5) is 49.6. The zero-order chi connectivity index (χ0) is 24.2. The molecule has 2 aromatic carbocycles. The Morgan fingerprint density at radius 2 is 1.42 bits per heavy atom. The highest BCUT2D eigenvalue weighted by Crippen LogP contribution is 2.07. The summed E-state index contributed by atoms with van der Waals surface area (Å²) in [6, 6.07) is 14.8. The Bertz CT molecular complexity index is 934. The molecular formula is C25H31N3O5. The number of carboxylic acid groups (broad SMARTS) is 1. The number of aliphatic carboxylic acids is 1. The van der Waals surface area contributed by atoms with Gasteiger partial charge in [-0.25, -0.2) is 4.79 Å². The molecule has 0 fully saturated rings. The Hall–Kier alpha value is -3.68. The number of hydrogen-bond acceptors (Lipinski definition) is 4. The number of rotatable bonds is 12. The van der Waals surface area contributed by atoms with Gasteiger partial charge in [0, 0.05) is 12.0 Å². The van der Waals surface area contributed by atoms with Crippen molar-refractivity contribution in [2.45, 2.75) is 57.7 Å². The van der Waals surface area contributed by atoms with Crippen LogP contribution in [0.3, 0.4) is 0 Å². The Morgan fingerprint density at radius 1 is 0.818 bits per heavy atom. The van der Waals surface area contributed by atoms with Crippen molar-refractivity contribution in [3.63, 3.8) is 0 Å². The highest BCUT2D eigenvalue weighted by Gasteiger charge is 2.27. The number of unbranched alkanes of at least 4 members (excludes halogenated alkanes) is 1. The third kappa shape index (κ3) is 8.40. The molecule has 8 heteroatoms. The number of benzene rings is 2. The van der Waals surface area contributed by atoms with E-state index in [0.29, 0.717) is 18.4 Å². The van der Waals surface area contributed by atoms with E-state index in [0.717, 1.165) is 12.0 Å². The van der Waals surface area contributed by atoms with Crippen LogP contribution in [-0.2, 0) is 20.8 Å². The lowest BCUT2D eigenvalue weighted by Gasteiger charge is -2.22. The summed E-state index contributed by atoms with van der Waals surface area (Å²) in [5.74, 6) is -2.66. The van der Waals surface area contributed by atoms with Crippen molar-refractivity contribution in [1.82, 2.24) is 16.0 Å². The van der Waals surface area contributed by atoms with E-state index < -0.39 is 41.8 Å². The first-order chi connectivity index (χ1) is 15.8. The zero-order valence-electron chi connectivity index (χ0n) is 18.9. The fraction of sp³-hybridized carbons (Fsp3) is 0.360. The lowest BCUT2D eigenvalue weighted by atomic mass is 10.0. The fourth-order valence-corrected chi connectivity index (χ4v) is 3.23. The molecule has 0 radical (unpaired) electrons. The van der Waals surface area contributed by atoms with Gasteiger partial charge in [-0.3, -0.25) is 14.4 Å². The molecule has 0 saturated heterocycles. The number of carbonyl (C=O) groups is 4. The van der Waals surface area contributed by atoms with E-state index in [-0.39, 0.29) is 6.42 Å². The van der Waals surface area contributed by atoms with Gasteiger partial charge < -0.3 is 21.1 Å². The van der Waals surface area contributed by atoms with Crippen LogP contribution in [0.1, 0.15) is 49.0 Å². The Kier molecular flexibility index (Phi) is 10.1. The Labute approximate surface area is 193 Å². The predicted octanol–water partition coefficient (Wildman–Crippen LogP) is 2.29. The molecular weight excluding hydrogens is 422 g/mol. The Balaban J connectivity index is 2.08. The Morgan fingerprint density at radius 3 is 2.00 bits per heavy atom. The predicted molar refractivity (Wildman–Crippen MR) is 125 cm³/mol. The van der Waals surface area contributed by atoms with Gasteiger partial charge >= 0.3 is 5.97 Å². The van der Waals surface area contributed by atoms with Gasteiger partial charge in [-0.05, 0) is 31.0 Å². The van der Waals surface area contributed by atoms with Gasteiger partial charge in [0.05, 0.1) is 0 Å². The molecule has 3 amide bonds. The van der Waals surface area contributed by atoms with Crippen molar-refractivity contribution in [3.8, 4) is 0 Å². The molecule has 0 aliphatic heterocycles. The van der Waals surface area contributed by atoms with Gasteiger partial charge in [0.25, 0.3) is 5.91 Å². The molecule has 0 spiro atoms. The van der Waals surface area contributed by atoms with Crippen LogP contribution in [0, 0.1) is 0 Å². The first kappa shape index (κ1) is 25.6. The first-order valence-electron chi connectivity index (χ1n) is 11.0. The molecule has 4 N–H and O–H groups in total. The molecule has 0 aromatic heterocycles. The lowest BCUT2D eigenvalue weighted by Crippen LogP contribution is -2.55. The summed E-state index contributed by atoms with van der Waals surface area (Å²) < 4.78 is 0. The van der Waals surface area contributed by atoms with Crippen molar-refractivity contribution < 1.29 is 24.3 Å². The molecule has 0 heterocycles. The largest absolute Gasteiger partial charge is 0.480 e. The quantitative estimate of drug-likeness (QED) is 0.392. The van der Waals surface area contributed by atoms with E-state index in [1.54, 1.807) is 30.3 Å². The summed E-state index contributed by atoms with van der Waals surface area (Å²) in [6.45, 7) is 3.41. The molecule has 0 unspecified atom stereocenters.